The van der Waals surface area contributed by atoms with Gasteiger partial charge in [-0.1, -0.05) is 13.8 Å². The molecule has 0 unspecified atom stereocenters. The van der Waals surface area contributed by atoms with E-state index in [1.807, 2.05) is 31.2 Å². The molecule has 2 atom stereocenters. The highest BCUT2D eigenvalue weighted by molar-refractivity contribution is 7.09. The minimum Gasteiger partial charge on any atom is -0.396 e. The van der Waals surface area contributed by atoms with Crippen LogP contribution in [-0.4, -0.2) is 58.6 Å². The molecule has 0 aliphatic carbocycles. The molecule has 0 bridgehead atoms. The molecule has 2 aliphatic heterocycles. The van der Waals surface area contributed by atoms with Crippen molar-refractivity contribution >= 4 is 17.2 Å². The number of fused-ring (bicyclic) bond motifs is 1. The standard InChI is InChI=1S/C16H25N3O2S/c1-11(2)15(21)19-5-13-4-18(7-16(13,8-19)9-20)6-14-12(3)17-10-22-14/h10-11,13,20H,4-9H2,1-3H3/t13-,16+/m0/s1. The number of hydrogen-bond acceptors (Lipinski definition) is 5. The van der Waals surface area contributed by atoms with Crippen LogP contribution in [0, 0.1) is 24.2 Å². The molecule has 0 spiro atoms. The van der Waals surface area contributed by atoms with Crippen LogP contribution >= 0.6 is 11.3 Å². The fourth-order valence-corrected chi connectivity index (χ4v) is 4.67. The molecule has 3 heterocycles. The van der Waals surface area contributed by atoms with Gasteiger partial charge < -0.3 is 10.0 Å². The van der Waals surface area contributed by atoms with Gasteiger partial charge in [0.05, 0.1) is 17.8 Å². The van der Waals surface area contributed by atoms with Crippen LogP contribution in [0.4, 0.5) is 0 Å². The van der Waals surface area contributed by atoms with Gasteiger partial charge in [-0.15, -0.1) is 11.3 Å². The zero-order valence-corrected chi connectivity index (χ0v) is 14.4. The molecule has 0 saturated carbocycles. The van der Waals surface area contributed by atoms with Gasteiger partial charge in [0.15, 0.2) is 0 Å². The maximum absolute atomic E-state index is 12.2. The summed E-state index contributed by atoms with van der Waals surface area (Å²) >= 11 is 1.70. The number of nitrogens with zero attached hydrogens (tertiary/aromatic N) is 3. The Morgan fingerprint density at radius 3 is 2.82 bits per heavy atom. The van der Waals surface area contributed by atoms with E-state index < -0.39 is 0 Å². The van der Waals surface area contributed by atoms with Crippen LogP contribution in [-0.2, 0) is 11.3 Å². The topological polar surface area (TPSA) is 56.7 Å². The van der Waals surface area contributed by atoms with Gasteiger partial charge in [0.25, 0.3) is 0 Å². The lowest BCUT2D eigenvalue weighted by atomic mass is 9.82. The summed E-state index contributed by atoms with van der Waals surface area (Å²) in [7, 11) is 0. The fourth-order valence-electron chi connectivity index (χ4n) is 3.85. The summed E-state index contributed by atoms with van der Waals surface area (Å²) in [5.74, 6) is 0.631. The Kier molecular flexibility index (Phi) is 4.27. The molecule has 2 fully saturated rings. The molecular formula is C16H25N3O2S. The number of aryl methyl sites for hydroxylation is 1. The minimum absolute atomic E-state index is 0.0329. The first-order valence-corrected chi connectivity index (χ1v) is 8.84. The summed E-state index contributed by atoms with van der Waals surface area (Å²) in [5.41, 5.74) is 2.87. The Morgan fingerprint density at radius 1 is 1.50 bits per heavy atom. The summed E-state index contributed by atoms with van der Waals surface area (Å²) in [5, 5.41) is 9.99. The maximum Gasteiger partial charge on any atom is 0.225 e. The second-order valence-corrected chi connectivity index (χ2v) is 8.06. The van der Waals surface area contributed by atoms with Gasteiger partial charge in [0.2, 0.25) is 5.91 Å². The first-order valence-electron chi connectivity index (χ1n) is 7.96. The van der Waals surface area contributed by atoms with E-state index in [4.69, 9.17) is 0 Å². The number of hydrogen-bond donors (Lipinski definition) is 1. The van der Waals surface area contributed by atoms with Gasteiger partial charge in [-0.2, -0.15) is 0 Å². The highest BCUT2D eigenvalue weighted by Gasteiger charge is 2.53. The van der Waals surface area contributed by atoms with Crippen LogP contribution in [0.5, 0.6) is 0 Å². The third-order valence-electron chi connectivity index (χ3n) is 5.16. The first kappa shape index (κ1) is 15.9. The molecular weight excluding hydrogens is 298 g/mol. The summed E-state index contributed by atoms with van der Waals surface area (Å²) in [4.78, 5) is 22.2. The Labute approximate surface area is 135 Å². The van der Waals surface area contributed by atoms with Crippen molar-refractivity contribution in [3.63, 3.8) is 0 Å². The smallest absolute Gasteiger partial charge is 0.225 e. The summed E-state index contributed by atoms with van der Waals surface area (Å²) < 4.78 is 0. The van der Waals surface area contributed by atoms with Crippen molar-refractivity contribution in [1.82, 2.24) is 14.8 Å². The summed E-state index contributed by atoms with van der Waals surface area (Å²) in [6, 6.07) is 0. The van der Waals surface area contributed by atoms with E-state index in [0.717, 1.165) is 31.9 Å². The minimum atomic E-state index is -0.136. The molecule has 6 heteroatoms. The van der Waals surface area contributed by atoms with Gasteiger partial charge in [-0.05, 0) is 12.8 Å². The highest BCUT2D eigenvalue weighted by Crippen LogP contribution is 2.43. The quantitative estimate of drug-likeness (QED) is 0.909. The van der Waals surface area contributed by atoms with Crippen molar-refractivity contribution in [1.29, 1.82) is 0 Å². The number of amides is 1. The van der Waals surface area contributed by atoms with Crippen molar-refractivity contribution in [3.05, 3.63) is 16.1 Å². The summed E-state index contributed by atoms with van der Waals surface area (Å²) in [6.07, 6.45) is 0. The molecule has 1 aromatic heterocycles. The molecule has 1 amide bonds. The maximum atomic E-state index is 12.2. The predicted molar refractivity (Wildman–Crippen MR) is 86.6 cm³/mol. The lowest BCUT2D eigenvalue weighted by Crippen LogP contribution is -2.40. The van der Waals surface area contributed by atoms with Crippen molar-refractivity contribution in [2.24, 2.45) is 17.3 Å². The molecule has 5 nitrogen and oxygen atoms in total. The third-order valence-corrected chi connectivity index (χ3v) is 6.08. The second kappa shape index (κ2) is 5.91. The molecule has 2 saturated heterocycles. The normalized spacial score (nSPS) is 28.6. The number of aliphatic hydroxyl groups excluding tert-OH is 1. The van der Waals surface area contributed by atoms with E-state index in [-0.39, 0.29) is 23.8 Å². The molecule has 1 aromatic rings. The number of rotatable bonds is 4. The average Bonchev–Trinajstić information content (AvgIpc) is 3.11. The molecule has 122 valence electrons. The van der Waals surface area contributed by atoms with Crippen molar-refractivity contribution in [3.8, 4) is 0 Å². The fraction of sp³-hybridized carbons (Fsp3) is 0.750. The largest absolute Gasteiger partial charge is 0.396 e. The van der Waals surface area contributed by atoms with Crippen LogP contribution in [0.2, 0.25) is 0 Å². The van der Waals surface area contributed by atoms with E-state index in [1.165, 1.54) is 4.88 Å². The number of carbonyl (C=O) groups excluding carboxylic acids is 1. The Bertz CT molecular complexity index is 559. The SMILES string of the molecule is Cc1ncsc1CN1C[C@H]2CN(C(=O)C(C)C)C[C@@]2(CO)C1. The van der Waals surface area contributed by atoms with Gasteiger partial charge in [0.1, 0.15) is 0 Å². The zero-order valence-electron chi connectivity index (χ0n) is 13.6. The van der Waals surface area contributed by atoms with Crippen LogP contribution in [0.15, 0.2) is 5.51 Å². The molecule has 3 rings (SSSR count). The molecule has 22 heavy (non-hydrogen) atoms. The van der Waals surface area contributed by atoms with Gasteiger partial charge in [-0.3, -0.25) is 9.69 Å². The number of thiazole rings is 1. The summed E-state index contributed by atoms with van der Waals surface area (Å²) in [6.45, 7) is 10.3. The van der Waals surface area contributed by atoms with E-state index in [9.17, 15) is 9.90 Å². The molecule has 1 N–H and O–H groups in total. The zero-order chi connectivity index (χ0) is 15.9. The van der Waals surface area contributed by atoms with Crippen LogP contribution < -0.4 is 0 Å². The Balaban J connectivity index is 1.68. The number of likely N-dealkylation sites (tertiary alicyclic amines) is 2. The lowest BCUT2D eigenvalue weighted by molar-refractivity contribution is -0.134. The van der Waals surface area contributed by atoms with Crippen LogP contribution in [0.3, 0.4) is 0 Å². The second-order valence-electron chi connectivity index (χ2n) is 7.12. The number of carbonyl (C=O) groups is 1. The van der Waals surface area contributed by atoms with E-state index >= 15 is 0 Å². The average molecular weight is 323 g/mol. The van der Waals surface area contributed by atoms with Gasteiger partial charge in [-0.25, -0.2) is 4.98 Å². The Hall–Kier alpha value is -0.980. The monoisotopic (exact) mass is 323 g/mol. The molecule has 0 aromatic carbocycles. The Morgan fingerprint density at radius 2 is 2.27 bits per heavy atom. The van der Waals surface area contributed by atoms with E-state index in [2.05, 4.69) is 9.88 Å². The number of aromatic nitrogens is 1. The van der Waals surface area contributed by atoms with E-state index in [0.29, 0.717) is 12.5 Å². The van der Waals surface area contributed by atoms with Gasteiger partial charge in [0, 0.05) is 48.9 Å². The first-order chi connectivity index (χ1) is 10.4. The van der Waals surface area contributed by atoms with Crippen molar-refractivity contribution in [2.75, 3.05) is 32.8 Å². The lowest BCUT2D eigenvalue weighted by Gasteiger charge is -2.28. The molecule has 2 aliphatic rings. The third kappa shape index (κ3) is 2.68. The van der Waals surface area contributed by atoms with Crippen molar-refractivity contribution in [2.45, 2.75) is 27.3 Å². The van der Waals surface area contributed by atoms with E-state index in [1.54, 1.807) is 11.3 Å². The highest BCUT2D eigenvalue weighted by atomic mass is 32.1. The molecule has 0 radical (unpaired) electrons. The van der Waals surface area contributed by atoms with Crippen LogP contribution in [0.1, 0.15) is 24.4 Å². The number of aliphatic hydroxyl groups is 1. The van der Waals surface area contributed by atoms with Crippen molar-refractivity contribution < 1.29 is 9.90 Å². The van der Waals surface area contributed by atoms with Crippen LogP contribution in [0.25, 0.3) is 0 Å². The predicted octanol–water partition coefficient (Wildman–Crippen LogP) is 1.36. The van der Waals surface area contributed by atoms with Gasteiger partial charge >= 0.3 is 0 Å².